The van der Waals surface area contributed by atoms with Gasteiger partial charge in [-0.05, 0) is 48.3 Å². The third-order valence-electron chi connectivity index (χ3n) is 4.48. The molecule has 100 valence electrons. The number of nitrogens with one attached hydrogen (secondary N) is 1. The lowest BCUT2D eigenvalue weighted by atomic mass is 9.91. The quantitative estimate of drug-likeness (QED) is 0.786. The van der Waals surface area contributed by atoms with Crippen molar-refractivity contribution in [3.63, 3.8) is 0 Å². The highest BCUT2D eigenvalue weighted by molar-refractivity contribution is 9.10. The summed E-state index contributed by atoms with van der Waals surface area (Å²) in [5, 5.41) is 3.78. The SMILES string of the molecule is CCC(NCC1(C(C)C)CC1)c1cccc(Br)c1. The summed E-state index contributed by atoms with van der Waals surface area (Å²) in [6, 6.07) is 9.15. The molecule has 1 saturated carbocycles. The van der Waals surface area contributed by atoms with E-state index in [0.29, 0.717) is 11.5 Å². The van der Waals surface area contributed by atoms with Crippen molar-refractivity contribution in [3.05, 3.63) is 34.3 Å². The largest absolute Gasteiger partial charge is 0.309 e. The molecule has 0 amide bonds. The number of benzene rings is 1. The van der Waals surface area contributed by atoms with Gasteiger partial charge in [0.25, 0.3) is 0 Å². The molecule has 1 aromatic carbocycles. The van der Waals surface area contributed by atoms with Crippen LogP contribution in [0.5, 0.6) is 0 Å². The van der Waals surface area contributed by atoms with Gasteiger partial charge in [-0.3, -0.25) is 0 Å². The Morgan fingerprint density at radius 1 is 1.33 bits per heavy atom. The Hall–Kier alpha value is -0.340. The summed E-state index contributed by atoms with van der Waals surface area (Å²) in [7, 11) is 0. The second-order valence-electron chi connectivity index (χ2n) is 5.91. The Labute approximate surface area is 119 Å². The fourth-order valence-corrected chi connectivity index (χ4v) is 3.08. The first-order valence-corrected chi connectivity index (χ1v) is 7.85. The lowest BCUT2D eigenvalue weighted by Gasteiger charge is -2.25. The van der Waals surface area contributed by atoms with Crippen molar-refractivity contribution in [3.8, 4) is 0 Å². The first-order valence-electron chi connectivity index (χ1n) is 7.06. The van der Waals surface area contributed by atoms with Gasteiger partial charge in [-0.1, -0.05) is 48.8 Å². The van der Waals surface area contributed by atoms with Crippen molar-refractivity contribution in [1.82, 2.24) is 5.32 Å². The average molecular weight is 310 g/mol. The van der Waals surface area contributed by atoms with Gasteiger partial charge in [-0.15, -0.1) is 0 Å². The minimum Gasteiger partial charge on any atom is -0.309 e. The van der Waals surface area contributed by atoms with Crippen LogP contribution in [0.25, 0.3) is 0 Å². The van der Waals surface area contributed by atoms with Crippen LogP contribution in [0.15, 0.2) is 28.7 Å². The molecule has 1 N–H and O–H groups in total. The first-order chi connectivity index (χ1) is 8.57. The number of halogens is 1. The molecule has 2 heteroatoms. The summed E-state index contributed by atoms with van der Waals surface area (Å²) in [5.41, 5.74) is 1.98. The van der Waals surface area contributed by atoms with E-state index in [-0.39, 0.29) is 0 Å². The standard InChI is InChI=1S/C16H24BrN/c1-4-15(13-6-5-7-14(17)10-13)18-11-16(8-9-16)12(2)3/h5-7,10,12,15,18H,4,8-9,11H2,1-3H3. The van der Waals surface area contributed by atoms with E-state index in [0.717, 1.165) is 18.9 Å². The molecule has 0 bridgehead atoms. The van der Waals surface area contributed by atoms with Crippen LogP contribution in [0.1, 0.15) is 51.6 Å². The Morgan fingerprint density at radius 2 is 2.06 bits per heavy atom. The maximum absolute atomic E-state index is 3.78. The molecule has 1 nitrogen and oxygen atoms in total. The van der Waals surface area contributed by atoms with E-state index in [9.17, 15) is 0 Å². The van der Waals surface area contributed by atoms with Crippen molar-refractivity contribution in [2.24, 2.45) is 11.3 Å². The van der Waals surface area contributed by atoms with Gasteiger partial charge in [0.15, 0.2) is 0 Å². The first kappa shape index (κ1) is 14.1. The second-order valence-corrected chi connectivity index (χ2v) is 6.83. The predicted molar refractivity (Wildman–Crippen MR) is 81.7 cm³/mol. The molecule has 1 aliphatic carbocycles. The normalized spacial score (nSPS) is 18.9. The molecule has 0 aromatic heterocycles. The molecule has 18 heavy (non-hydrogen) atoms. The van der Waals surface area contributed by atoms with E-state index in [2.05, 4.69) is 66.3 Å². The van der Waals surface area contributed by atoms with Gasteiger partial charge in [-0.25, -0.2) is 0 Å². The fourth-order valence-electron chi connectivity index (χ4n) is 2.67. The summed E-state index contributed by atoms with van der Waals surface area (Å²) < 4.78 is 1.17. The van der Waals surface area contributed by atoms with Crippen molar-refractivity contribution in [2.75, 3.05) is 6.54 Å². The monoisotopic (exact) mass is 309 g/mol. The maximum atomic E-state index is 3.78. The molecule has 0 radical (unpaired) electrons. The summed E-state index contributed by atoms with van der Waals surface area (Å²) in [6.07, 6.45) is 3.93. The molecule has 2 rings (SSSR count). The second kappa shape index (κ2) is 5.75. The fraction of sp³-hybridized carbons (Fsp3) is 0.625. The average Bonchev–Trinajstić information content (AvgIpc) is 3.11. The Balaban J connectivity index is 1.98. The zero-order valence-electron chi connectivity index (χ0n) is 11.7. The smallest absolute Gasteiger partial charge is 0.0318 e. The van der Waals surface area contributed by atoms with Gasteiger partial charge in [0.2, 0.25) is 0 Å². The van der Waals surface area contributed by atoms with Crippen LogP contribution in [-0.4, -0.2) is 6.54 Å². The number of hydrogen-bond acceptors (Lipinski definition) is 1. The van der Waals surface area contributed by atoms with E-state index in [4.69, 9.17) is 0 Å². The molecule has 1 aromatic rings. The molecular formula is C16H24BrN. The van der Waals surface area contributed by atoms with Crippen LogP contribution in [-0.2, 0) is 0 Å². The highest BCUT2D eigenvalue weighted by Gasteiger charge is 2.44. The Bertz CT molecular complexity index is 396. The highest BCUT2D eigenvalue weighted by atomic mass is 79.9. The van der Waals surface area contributed by atoms with E-state index in [1.807, 2.05) is 0 Å². The van der Waals surface area contributed by atoms with Crippen LogP contribution in [0.4, 0.5) is 0 Å². The van der Waals surface area contributed by atoms with Gasteiger partial charge in [-0.2, -0.15) is 0 Å². The molecule has 0 saturated heterocycles. The molecule has 1 aliphatic rings. The molecule has 0 spiro atoms. The topological polar surface area (TPSA) is 12.0 Å². The number of rotatable bonds is 6. The molecule has 1 atom stereocenters. The van der Waals surface area contributed by atoms with Gasteiger partial charge < -0.3 is 5.32 Å². The van der Waals surface area contributed by atoms with Crippen LogP contribution in [0, 0.1) is 11.3 Å². The Morgan fingerprint density at radius 3 is 2.56 bits per heavy atom. The maximum Gasteiger partial charge on any atom is 0.0318 e. The summed E-state index contributed by atoms with van der Waals surface area (Å²) >= 11 is 3.56. The minimum atomic E-state index is 0.485. The lowest BCUT2D eigenvalue weighted by molar-refractivity contribution is 0.318. The Kier molecular flexibility index (Phi) is 4.50. The van der Waals surface area contributed by atoms with Gasteiger partial charge in [0.1, 0.15) is 0 Å². The van der Waals surface area contributed by atoms with Crippen molar-refractivity contribution < 1.29 is 0 Å². The van der Waals surface area contributed by atoms with E-state index in [1.54, 1.807) is 0 Å². The third kappa shape index (κ3) is 3.16. The lowest BCUT2D eigenvalue weighted by Crippen LogP contribution is -2.30. The van der Waals surface area contributed by atoms with E-state index in [1.165, 1.54) is 22.9 Å². The van der Waals surface area contributed by atoms with Gasteiger partial charge >= 0.3 is 0 Å². The van der Waals surface area contributed by atoms with Crippen LogP contribution < -0.4 is 5.32 Å². The molecule has 0 heterocycles. The zero-order valence-corrected chi connectivity index (χ0v) is 13.3. The van der Waals surface area contributed by atoms with Crippen molar-refractivity contribution in [1.29, 1.82) is 0 Å². The van der Waals surface area contributed by atoms with Gasteiger partial charge in [0.05, 0.1) is 0 Å². The van der Waals surface area contributed by atoms with Crippen LogP contribution in [0.3, 0.4) is 0 Å². The van der Waals surface area contributed by atoms with Crippen LogP contribution in [0.2, 0.25) is 0 Å². The molecule has 1 fully saturated rings. The van der Waals surface area contributed by atoms with Gasteiger partial charge in [0, 0.05) is 17.1 Å². The van der Waals surface area contributed by atoms with Crippen molar-refractivity contribution >= 4 is 15.9 Å². The third-order valence-corrected chi connectivity index (χ3v) is 4.97. The summed E-state index contributed by atoms with van der Waals surface area (Å²) in [4.78, 5) is 0. The summed E-state index contributed by atoms with van der Waals surface area (Å²) in [5.74, 6) is 0.796. The number of hydrogen-bond donors (Lipinski definition) is 1. The predicted octanol–water partition coefficient (Wildman–Crippen LogP) is 4.93. The minimum absolute atomic E-state index is 0.485. The van der Waals surface area contributed by atoms with Crippen LogP contribution >= 0.6 is 15.9 Å². The van der Waals surface area contributed by atoms with E-state index >= 15 is 0 Å². The molecule has 1 unspecified atom stereocenters. The molecule has 0 aliphatic heterocycles. The molecular weight excluding hydrogens is 286 g/mol. The van der Waals surface area contributed by atoms with E-state index < -0.39 is 0 Å². The van der Waals surface area contributed by atoms with Crippen molar-refractivity contribution in [2.45, 2.75) is 46.1 Å². The summed E-state index contributed by atoms with van der Waals surface area (Å²) in [6.45, 7) is 8.13. The zero-order chi connectivity index (χ0) is 13.2. The highest BCUT2D eigenvalue weighted by Crippen LogP contribution is 2.51.